The minimum Gasteiger partial charge on any atom is -0.467 e. The molecule has 0 saturated carbocycles. The van der Waals surface area contributed by atoms with Crippen LogP contribution in [0.3, 0.4) is 0 Å². The van der Waals surface area contributed by atoms with Crippen molar-refractivity contribution in [1.82, 2.24) is 0 Å². The number of halogens is 3. The van der Waals surface area contributed by atoms with Crippen LogP contribution in [0.5, 0.6) is 0 Å². The molecule has 1 atom stereocenters. The first kappa shape index (κ1) is 14.3. The van der Waals surface area contributed by atoms with Gasteiger partial charge in [-0.1, -0.05) is 17.7 Å². The molecule has 0 amide bonds. The number of alkyl halides is 3. The zero-order chi connectivity index (χ0) is 14.0. The minimum absolute atomic E-state index is 0.200. The molecule has 0 bridgehead atoms. The highest BCUT2D eigenvalue weighted by Crippen LogP contribution is 2.34. The van der Waals surface area contributed by atoms with E-state index in [2.05, 4.69) is 10.1 Å². The first-order valence-electron chi connectivity index (χ1n) is 5.20. The van der Waals surface area contributed by atoms with Gasteiger partial charge in [-0.15, -0.1) is 0 Å². The highest BCUT2D eigenvalue weighted by atomic mass is 19.4. The predicted octanol–water partition coefficient (Wildman–Crippen LogP) is 2.90. The number of carbonyl (C=O) groups is 1. The molecule has 1 aromatic rings. The molecular weight excluding hydrogens is 247 g/mol. The Morgan fingerprint density at radius 1 is 1.22 bits per heavy atom. The normalized spacial score (nSPS) is 14.8. The third-order valence-corrected chi connectivity index (χ3v) is 2.61. The third-order valence-electron chi connectivity index (χ3n) is 2.61. The molecule has 0 aliphatic rings. The maximum atomic E-state index is 12.9. The van der Waals surface area contributed by atoms with E-state index in [0.29, 0.717) is 0 Å². The first-order valence-corrected chi connectivity index (χ1v) is 5.20. The minimum atomic E-state index is -4.76. The molecule has 100 valence electrons. The molecule has 1 aromatic carbocycles. The molecule has 0 aliphatic heterocycles. The zero-order valence-corrected chi connectivity index (χ0v) is 10.3. The van der Waals surface area contributed by atoms with Gasteiger partial charge >= 0.3 is 12.1 Å². The van der Waals surface area contributed by atoms with Crippen molar-refractivity contribution in [2.24, 2.45) is 0 Å². The highest BCUT2D eigenvalue weighted by molar-refractivity contribution is 5.85. The average Bonchev–Trinajstić information content (AvgIpc) is 2.29. The second kappa shape index (κ2) is 4.88. The standard InChI is InChI=1S/C12H14F3NO2/c1-8-4-6-9(7-5-8)16-11(2,10(17)18-3)12(13,14)15/h4-7,16H,1-3H3. The Morgan fingerprint density at radius 2 is 1.72 bits per heavy atom. The molecule has 0 aromatic heterocycles. The van der Waals surface area contributed by atoms with Crippen LogP contribution in [0.25, 0.3) is 0 Å². The predicted molar refractivity (Wildman–Crippen MR) is 61.3 cm³/mol. The van der Waals surface area contributed by atoms with E-state index in [1.807, 2.05) is 6.92 Å². The van der Waals surface area contributed by atoms with Crippen LogP contribution in [0.1, 0.15) is 12.5 Å². The average molecular weight is 261 g/mol. The fourth-order valence-electron chi connectivity index (χ4n) is 1.37. The van der Waals surface area contributed by atoms with Crippen LogP contribution >= 0.6 is 0 Å². The van der Waals surface area contributed by atoms with Crippen molar-refractivity contribution in [1.29, 1.82) is 0 Å². The lowest BCUT2D eigenvalue weighted by molar-refractivity contribution is -0.195. The fraction of sp³-hybridized carbons (Fsp3) is 0.417. The van der Waals surface area contributed by atoms with Gasteiger partial charge in [0.15, 0.2) is 0 Å². The molecule has 1 unspecified atom stereocenters. The van der Waals surface area contributed by atoms with Crippen LogP contribution in [0.4, 0.5) is 18.9 Å². The number of nitrogens with one attached hydrogen (secondary N) is 1. The summed E-state index contributed by atoms with van der Waals surface area (Å²) in [7, 11) is 0.920. The van der Waals surface area contributed by atoms with Gasteiger partial charge in [-0.2, -0.15) is 13.2 Å². The van der Waals surface area contributed by atoms with E-state index in [9.17, 15) is 18.0 Å². The van der Waals surface area contributed by atoms with Gasteiger partial charge in [0.25, 0.3) is 0 Å². The van der Waals surface area contributed by atoms with Crippen molar-refractivity contribution < 1.29 is 22.7 Å². The topological polar surface area (TPSA) is 38.3 Å². The lowest BCUT2D eigenvalue weighted by Gasteiger charge is -2.31. The fourth-order valence-corrected chi connectivity index (χ4v) is 1.37. The van der Waals surface area contributed by atoms with Crippen LogP contribution in [0.2, 0.25) is 0 Å². The van der Waals surface area contributed by atoms with E-state index in [4.69, 9.17) is 0 Å². The van der Waals surface area contributed by atoms with Gasteiger partial charge in [0.05, 0.1) is 7.11 Å². The first-order chi connectivity index (χ1) is 8.20. The number of hydrogen-bond donors (Lipinski definition) is 1. The molecular formula is C12H14F3NO2. The van der Waals surface area contributed by atoms with E-state index >= 15 is 0 Å². The van der Waals surface area contributed by atoms with E-state index in [0.717, 1.165) is 19.6 Å². The maximum absolute atomic E-state index is 12.9. The van der Waals surface area contributed by atoms with Gasteiger partial charge in [0, 0.05) is 5.69 Å². The van der Waals surface area contributed by atoms with E-state index in [-0.39, 0.29) is 5.69 Å². The Kier molecular flexibility index (Phi) is 3.88. The summed E-state index contributed by atoms with van der Waals surface area (Å²) < 4.78 is 43.0. The zero-order valence-electron chi connectivity index (χ0n) is 10.3. The number of ether oxygens (including phenoxy) is 1. The molecule has 0 radical (unpaired) electrons. The van der Waals surface area contributed by atoms with Crippen molar-refractivity contribution in [3.63, 3.8) is 0 Å². The summed E-state index contributed by atoms with van der Waals surface area (Å²) in [5.74, 6) is -1.38. The molecule has 0 fully saturated rings. The van der Waals surface area contributed by atoms with Gasteiger partial charge in [-0.05, 0) is 26.0 Å². The second-order valence-corrected chi connectivity index (χ2v) is 4.11. The van der Waals surface area contributed by atoms with Gasteiger partial charge in [-0.25, -0.2) is 4.79 Å². The van der Waals surface area contributed by atoms with Crippen LogP contribution < -0.4 is 5.32 Å². The Labute approximate surface area is 103 Å². The molecule has 3 nitrogen and oxygen atoms in total. The molecule has 18 heavy (non-hydrogen) atoms. The number of carbonyl (C=O) groups excluding carboxylic acids is 1. The van der Waals surface area contributed by atoms with Crippen molar-refractivity contribution >= 4 is 11.7 Å². The summed E-state index contributed by atoms with van der Waals surface area (Å²) in [6.45, 7) is 2.56. The van der Waals surface area contributed by atoms with Gasteiger partial charge in [-0.3, -0.25) is 0 Å². The maximum Gasteiger partial charge on any atom is 0.422 e. The lowest BCUT2D eigenvalue weighted by atomic mass is 10.0. The highest BCUT2D eigenvalue weighted by Gasteiger charge is 2.58. The van der Waals surface area contributed by atoms with Gasteiger partial charge < -0.3 is 10.1 Å². The summed E-state index contributed by atoms with van der Waals surface area (Å²) in [6.07, 6.45) is -4.76. The van der Waals surface area contributed by atoms with Crippen molar-refractivity contribution in [2.45, 2.75) is 25.6 Å². The molecule has 1 rings (SSSR count). The summed E-state index contributed by atoms with van der Waals surface area (Å²) in [4.78, 5) is 11.3. The molecule has 0 spiro atoms. The van der Waals surface area contributed by atoms with E-state index in [1.54, 1.807) is 12.1 Å². The van der Waals surface area contributed by atoms with Crippen LogP contribution in [0.15, 0.2) is 24.3 Å². The van der Waals surface area contributed by atoms with Crippen LogP contribution in [-0.4, -0.2) is 24.8 Å². The smallest absolute Gasteiger partial charge is 0.422 e. The van der Waals surface area contributed by atoms with Crippen LogP contribution in [0, 0.1) is 6.92 Å². The number of methoxy groups -OCH3 is 1. The Hall–Kier alpha value is -1.72. The van der Waals surface area contributed by atoms with E-state index < -0.39 is 17.7 Å². The summed E-state index contributed by atoms with van der Waals surface area (Å²) in [6, 6.07) is 6.25. The van der Waals surface area contributed by atoms with E-state index in [1.165, 1.54) is 12.1 Å². The summed E-state index contributed by atoms with van der Waals surface area (Å²) in [5.41, 5.74) is -1.66. The number of rotatable bonds is 3. The second-order valence-electron chi connectivity index (χ2n) is 4.11. The molecule has 0 saturated heterocycles. The SMILES string of the molecule is COC(=O)C(C)(Nc1ccc(C)cc1)C(F)(F)F. The molecule has 6 heteroatoms. The van der Waals surface area contributed by atoms with Gasteiger partial charge in [0.2, 0.25) is 5.54 Å². The number of esters is 1. The summed E-state index contributed by atoms with van der Waals surface area (Å²) in [5, 5.41) is 2.17. The van der Waals surface area contributed by atoms with Crippen molar-refractivity contribution in [2.75, 3.05) is 12.4 Å². The van der Waals surface area contributed by atoms with Gasteiger partial charge in [0.1, 0.15) is 0 Å². The number of benzene rings is 1. The molecule has 0 aliphatic carbocycles. The van der Waals surface area contributed by atoms with Crippen LogP contribution in [-0.2, 0) is 9.53 Å². The summed E-state index contributed by atoms with van der Waals surface area (Å²) >= 11 is 0. The quantitative estimate of drug-likeness (QED) is 0.850. The third kappa shape index (κ3) is 2.75. The van der Waals surface area contributed by atoms with Crippen molar-refractivity contribution in [3.8, 4) is 0 Å². The number of anilines is 1. The Morgan fingerprint density at radius 3 is 2.11 bits per heavy atom. The molecule has 0 heterocycles. The molecule has 1 N–H and O–H groups in total. The van der Waals surface area contributed by atoms with Crippen molar-refractivity contribution in [3.05, 3.63) is 29.8 Å². The monoisotopic (exact) mass is 261 g/mol. The largest absolute Gasteiger partial charge is 0.467 e. The number of hydrogen-bond acceptors (Lipinski definition) is 3. The Bertz CT molecular complexity index is 428. The number of aryl methyl sites for hydroxylation is 1. The Balaban J connectivity index is 3.07. The lowest BCUT2D eigenvalue weighted by Crippen LogP contribution is -2.56.